The summed E-state index contributed by atoms with van der Waals surface area (Å²) in [5.74, 6) is -1.03. The standard InChI is InChI=1S/C29H32BrF2N3O2Si/c1-38(2)15-13-33(14-16-38)29-26(31)18-25(19-27(29)32)34-24(17-20-3-9-23(10-4-20)35(36)37)11-12-28(34)21-5-7-22(30)8-6-21/h3-10,18-19,24,28H,11-17H2,1-2H3/t24-,28+/m0/s1. The zero-order valence-corrected chi connectivity index (χ0v) is 24.3. The highest BCUT2D eigenvalue weighted by Crippen LogP contribution is 2.43. The second kappa shape index (κ2) is 10.8. The second-order valence-electron chi connectivity index (χ2n) is 11.2. The molecule has 38 heavy (non-hydrogen) atoms. The lowest BCUT2D eigenvalue weighted by atomic mass is 10.0. The number of halogens is 3. The Bertz CT molecular complexity index is 1290. The molecule has 2 aliphatic rings. The summed E-state index contributed by atoms with van der Waals surface area (Å²) in [5.41, 5.74) is 2.72. The average molecular weight is 601 g/mol. The van der Waals surface area contributed by atoms with Gasteiger partial charge < -0.3 is 9.80 Å². The predicted molar refractivity (Wildman–Crippen MR) is 155 cm³/mol. The maximum atomic E-state index is 15.6. The van der Waals surface area contributed by atoms with Gasteiger partial charge in [0.15, 0.2) is 11.6 Å². The Morgan fingerprint density at radius 1 is 0.974 bits per heavy atom. The number of rotatable bonds is 6. The Balaban J connectivity index is 1.47. The maximum absolute atomic E-state index is 15.6. The summed E-state index contributed by atoms with van der Waals surface area (Å²) in [6, 6.07) is 19.7. The van der Waals surface area contributed by atoms with E-state index >= 15 is 8.78 Å². The summed E-state index contributed by atoms with van der Waals surface area (Å²) in [7, 11) is -1.27. The van der Waals surface area contributed by atoms with Gasteiger partial charge in [0.25, 0.3) is 5.69 Å². The van der Waals surface area contributed by atoms with Crippen molar-refractivity contribution < 1.29 is 13.7 Å². The molecule has 3 aromatic carbocycles. The topological polar surface area (TPSA) is 49.6 Å². The van der Waals surface area contributed by atoms with Crippen LogP contribution in [0.2, 0.25) is 25.2 Å². The number of anilines is 2. The minimum absolute atomic E-state index is 0.00320. The van der Waals surface area contributed by atoms with Crippen molar-refractivity contribution >= 4 is 41.1 Å². The molecule has 200 valence electrons. The average Bonchev–Trinajstić information content (AvgIpc) is 3.28. The lowest BCUT2D eigenvalue weighted by Gasteiger charge is -2.38. The number of benzene rings is 3. The van der Waals surface area contributed by atoms with Crippen molar-refractivity contribution in [3.05, 3.63) is 98.0 Å². The van der Waals surface area contributed by atoms with Crippen LogP contribution in [0.25, 0.3) is 0 Å². The largest absolute Gasteiger partial charge is 0.367 e. The van der Waals surface area contributed by atoms with Crippen molar-refractivity contribution in [1.29, 1.82) is 0 Å². The van der Waals surface area contributed by atoms with Gasteiger partial charge >= 0.3 is 0 Å². The Kier molecular flexibility index (Phi) is 7.60. The Labute approximate surface area is 231 Å². The van der Waals surface area contributed by atoms with Crippen molar-refractivity contribution in [2.45, 2.75) is 56.5 Å². The number of hydrogen-bond acceptors (Lipinski definition) is 4. The molecule has 0 aromatic heterocycles. The Hall–Kier alpha value is -2.78. The summed E-state index contributed by atoms with van der Waals surface area (Å²) in [6.07, 6.45) is 2.31. The SMILES string of the molecule is C[Si]1(C)CCN(c2c(F)cc(N3[C@H](Cc4ccc([N+](=O)[O-])cc4)CC[C@@H]3c3ccc(Br)cc3)cc2F)CC1. The van der Waals surface area contributed by atoms with Gasteiger partial charge in [-0.05, 0) is 66.7 Å². The molecule has 0 spiro atoms. The molecule has 2 saturated heterocycles. The van der Waals surface area contributed by atoms with Gasteiger partial charge in [0.1, 0.15) is 5.69 Å². The van der Waals surface area contributed by atoms with Crippen LogP contribution in [0.1, 0.15) is 30.0 Å². The molecule has 3 aromatic rings. The van der Waals surface area contributed by atoms with E-state index in [0.717, 1.165) is 40.5 Å². The highest BCUT2D eigenvalue weighted by molar-refractivity contribution is 9.10. The first-order chi connectivity index (χ1) is 18.1. The van der Waals surface area contributed by atoms with Crippen molar-refractivity contribution in [3.63, 3.8) is 0 Å². The van der Waals surface area contributed by atoms with Gasteiger partial charge in [0, 0.05) is 41.4 Å². The molecule has 0 amide bonds. The summed E-state index contributed by atoms with van der Waals surface area (Å²) in [5, 5.41) is 11.1. The highest BCUT2D eigenvalue weighted by atomic mass is 79.9. The van der Waals surface area contributed by atoms with Crippen molar-refractivity contribution in [3.8, 4) is 0 Å². The molecule has 0 N–H and O–H groups in total. The van der Waals surface area contributed by atoms with Gasteiger partial charge in [0.05, 0.1) is 19.0 Å². The molecular weight excluding hydrogens is 568 g/mol. The third-order valence-corrected chi connectivity index (χ3v) is 11.8. The van der Waals surface area contributed by atoms with Crippen LogP contribution < -0.4 is 9.80 Å². The molecule has 5 nitrogen and oxygen atoms in total. The summed E-state index contributed by atoms with van der Waals surface area (Å²) in [6.45, 7) is 6.06. The first-order valence-electron chi connectivity index (χ1n) is 13.1. The van der Waals surface area contributed by atoms with Crippen LogP contribution in [0.3, 0.4) is 0 Å². The normalized spacial score (nSPS) is 21.1. The number of nitro benzene ring substituents is 1. The van der Waals surface area contributed by atoms with E-state index in [1.54, 1.807) is 12.1 Å². The van der Waals surface area contributed by atoms with Crippen LogP contribution in [0.4, 0.5) is 25.8 Å². The van der Waals surface area contributed by atoms with Gasteiger partial charge in [0.2, 0.25) is 0 Å². The zero-order valence-electron chi connectivity index (χ0n) is 21.7. The molecule has 2 aliphatic heterocycles. The molecule has 9 heteroatoms. The van der Waals surface area contributed by atoms with Crippen LogP contribution in [0.5, 0.6) is 0 Å². The van der Waals surface area contributed by atoms with Crippen LogP contribution in [-0.4, -0.2) is 32.1 Å². The van der Waals surface area contributed by atoms with E-state index < -0.39 is 24.6 Å². The minimum Gasteiger partial charge on any atom is -0.367 e. The lowest BCUT2D eigenvalue weighted by Crippen LogP contribution is -2.43. The number of non-ortho nitro benzene ring substituents is 1. The van der Waals surface area contributed by atoms with Crippen molar-refractivity contribution in [1.82, 2.24) is 0 Å². The molecule has 2 fully saturated rings. The predicted octanol–water partition coefficient (Wildman–Crippen LogP) is 8.12. The van der Waals surface area contributed by atoms with E-state index in [0.29, 0.717) is 25.2 Å². The Morgan fingerprint density at radius 2 is 1.58 bits per heavy atom. The van der Waals surface area contributed by atoms with Gasteiger partial charge in [-0.15, -0.1) is 0 Å². The fraction of sp³-hybridized carbons (Fsp3) is 0.379. The fourth-order valence-electron chi connectivity index (χ4n) is 5.85. The third kappa shape index (κ3) is 5.64. The van der Waals surface area contributed by atoms with Crippen LogP contribution in [0, 0.1) is 21.7 Å². The monoisotopic (exact) mass is 599 g/mol. The van der Waals surface area contributed by atoms with Gasteiger partial charge in [-0.2, -0.15) is 0 Å². The van der Waals surface area contributed by atoms with Crippen molar-refractivity contribution in [2.75, 3.05) is 22.9 Å². The molecular formula is C29H32BrF2N3O2Si. The second-order valence-corrected chi connectivity index (χ2v) is 17.5. The van der Waals surface area contributed by atoms with Gasteiger partial charge in [-0.25, -0.2) is 8.78 Å². The third-order valence-electron chi connectivity index (χ3n) is 8.11. The van der Waals surface area contributed by atoms with Crippen LogP contribution in [-0.2, 0) is 6.42 Å². The molecule has 0 saturated carbocycles. The van der Waals surface area contributed by atoms with Gasteiger partial charge in [-0.1, -0.05) is 53.3 Å². The van der Waals surface area contributed by atoms with Gasteiger partial charge in [-0.3, -0.25) is 10.1 Å². The highest BCUT2D eigenvalue weighted by Gasteiger charge is 2.36. The van der Waals surface area contributed by atoms with E-state index in [4.69, 9.17) is 0 Å². The molecule has 5 rings (SSSR count). The summed E-state index contributed by atoms with van der Waals surface area (Å²) >= 11 is 3.49. The number of hydrogen-bond donors (Lipinski definition) is 0. The fourth-order valence-corrected chi connectivity index (χ4v) is 8.12. The lowest BCUT2D eigenvalue weighted by molar-refractivity contribution is -0.384. The summed E-state index contributed by atoms with van der Waals surface area (Å²) < 4.78 is 32.2. The summed E-state index contributed by atoms with van der Waals surface area (Å²) in [4.78, 5) is 14.7. The molecule has 2 heterocycles. The molecule has 0 bridgehead atoms. The van der Waals surface area contributed by atoms with E-state index in [-0.39, 0.29) is 23.5 Å². The smallest absolute Gasteiger partial charge is 0.269 e. The van der Waals surface area contributed by atoms with Crippen LogP contribution in [0.15, 0.2) is 65.1 Å². The van der Waals surface area contributed by atoms with E-state index in [1.165, 1.54) is 24.3 Å². The molecule has 0 unspecified atom stereocenters. The molecule has 0 aliphatic carbocycles. The van der Waals surface area contributed by atoms with Crippen LogP contribution >= 0.6 is 15.9 Å². The number of nitro groups is 1. The van der Waals surface area contributed by atoms with E-state index in [1.807, 2.05) is 17.0 Å². The van der Waals surface area contributed by atoms with E-state index in [9.17, 15) is 10.1 Å². The minimum atomic E-state index is -1.27. The maximum Gasteiger partial charge on any atom is 0.269 e. The Morgan fingerprint density at radius 3 is 2.16 bits per heavy atom. The number of nitrogens with zero attached hydrogens (tertiary/aromatic N) is 3. The molecule has 0 radical (unpaired) electrons. The molecule has 2 atom stereocenters. The first-order valence-corrected chi connectivity index (χ1v) is 17.3. The first kappa shape index (κ1) is 26.8. The van der Waals surface area contributed by atoms with E-state index in [2.05, 4.69) is 46.1 Å². The van der Waals surface area contributed by atoms with Crippen molar-refractivity contribution in [2.24, 2.45) is 0 Å². The quantitative estimate of drug-likeness (QED) is 0.163. The zero-order chi connectivity index (χ0) is 27.0.